The minimum Gasteiger partial charge on any atom is -0.484 e. The van der Waals surface area contributed by atoms with Crippen molar-refractivity contribution in [3.05, 3.63) is 48.4 Å². The van der Waals surface area contributed by atoms with Gasteiger partial charge in [0.05, 0.1) is 12.9 Å². The van der Waals surface area contributed by atoms with Crippen LogP contribution in [0.25, 0.3) is 0 Å². The summed E-state index contributed by atoms with van der Waals surface area (Å²) in [5.41, 5.74) is 0.620. The summed E-state index contributed by atoms with van der Waals surface area (Å²) in [4.78, 5) is 26.4. The molecular formula is C22H26N2O5. The zero-order chi connectivity index (χ0) is 20.6. The van der Waals surface area contributed by atoms with E-state index in [1.165, 1.54) is 6.26 Å². The predicted molar refractivity (Wildman–Crippen MR) is 107 cm³/mol. The first-order valence-corrected chi connectivity index (χ1v) is 9.79. The molecule has 7 nitrogen and oxygen atoms in total. The van der Waals surface area contributed by atoms with Gasteiger partial charge in [0.25, 0.3) is 11.8 Å². The lowest BCUT2D eigenvalue weighted by molar-refractivity contribution is -0.132. The summed E-state index contributed by atoms with van der Waals surface area (Å²) in [7, 11) is 0. The van der Waals surface area contributed by atoms with Crippen LogP contribution >= 0.6 is 0 Å². The van der Waals surface area contributed by atoms with Crippen LogP contribution in [0.3, 0.4) is 0 Å². The number of furan rings is 1. The van der Waals surface area contributed by atoms with E-state index in [9.17, 15) is 14.7 Å². The van der Waals surface area contributed by atoms with Gasteiger partial charge in [0.15, 0.2) is 12.4 Å². The summed E-state index contributed by atoms with van der Waals surface area (Å²) in [5, 5.41) is 12.6. The van der Waals surface area contributed by atoms with Gasteiger partial charge >= 0.3 is 0 Å². The molecule has 2 aromatic rings. The number of aliphatic hydroxyl groups excluding tert-OH is 1. The number of aliphatic hydroxyl groups is 1. The fraction of sp³-hybridized carbons (Fsp3) is 0.455. The van der Waals surface area contributed by atoms with Crippen molar-refractivity contribution >= 4 is 17.5 Å². The minimum absolute atomic E-state index is 0.0489. The van der Waals surface area contributed by atoms with Crippen LogP contribution < -0.4 is 10.1 Å². The Hall–Kier alpha value is -2.80. The average Bonchev–Trinajstić information content (AvgIpc) is 3.34. The summed E-state index contributed by atoms with van der Waals surface area (Å²) in [6.07, 6.45) is 2.38. The van der Waals surface area contributed by atoms with Crippen molar-refractivity contribution in [2.75, 3.05) is 31.6 Å². The number of nitrogens with zero attached hydrogens (tertiary/aromatic N) is 1. The van der Waals surface area contributed by atoms with Gasteiger partial charge in [-0.3, -0.25) is 9.59 Å². The number of carbonyl (C=O) groups excluding carboxylic acids is 2. The molecule has 1 saturated heterocycles. The molecule has 0 radical (unpaired) electrons. The Balaban J connectivity index is 1.29. The molecule has 1 aliphatic carbocycles. The van der Waals surface area contributed by atoms with Crippen molar-refractivity contribution in [3.63, 3.8) is 0 Å². The highest BCUT2D eigenvalue weighted by Gasteiger charge is 2.63. The molecule has 29 heavy (non-hydrogen) atoms. The zero-order valence-corrected chi connectivity index (χ0v) is 16.7. The number of ether oxygens (including phenoxy) is 1. The molecule has 1 aromatic heterocycles. The second-order valence-corrected chi connectivity index (χ2v) is 8.76. The maximum absolute atomic E-state index is 12.6. The smallest absolute Gasteiger partial charge is 0.291 e. The molecule has 2 amide bonds. The first-order chi connectivity index (χ1) is 13.8. The van der Waals surface area contributed by atoms with E-state index in [4.69, 9.17) is 9.15 Å². The Bertz CT molecular complexity index is 890. The van der Waals surface area contributed by atoms with Crippen molar-refractivity contribution in [2.24, 2.45) is 16.7 Å². The number of fused-ring (bicyclic) bond motifs is 1. The van der Waals surface area contributed by atoms with Gasteiger partial charge in [-0.1, -0.05) is 13.8 Å². The summed E-state index contributed by atoms with van der Waals surface area (Å²) in [5.74, 6) is 0.718. The summed E-state index contributed by atoms with van der Waals surface area (Å²) in [6.45, 7) is 5.74. The summed E-state index contributed by atoms with van der Waals surface area (Å²) in [6, 6.07) is 10.1. The fourth-order valence-electron chi connectivity index (χ4n) is 5.00. The Morgan fingerprint density at radius 1 is 1.28 bits per heavy atom. The average molecular weight is 398 g/mol. The van der Waals surface area contributed by atoms with Crippen LogP contribution in [-0.2, 0) is 4.79 Å². The van der Waals surface area contributed by atoms with Crippen LogP contribution in [0.4, 0.5) is 5.69 Å². The number of amides is 2. The maximum atomic E-state index is 12.6. The van der Waals surface area contributed by atoms with Crippen molar-refractivity contribution in [1.82, 2.24) is 4.90 Å². The van der Waals surface area contributed by atoms with Crippen molar-refractivity contribution in [2.45, 2.75) is 20.3 Å². The number of likely N-dealkylation sites (tertiary alicyclic amines) is 1. The molecule has 1 saturated carbocycles. The Labute approximate surface area is 169 Å². The highest BCUT2D eigenvalue weighted by molar-refractivity contribution is 6.02. The molecule has 154 valence electrons. The first kappa shape index (κ1) is 19.5. The van der Waals surface area contributed by atoms with E-state index in [-0.39, 0.29) is 41.6 Å². The summed E-state index contributed by atoms with van der Waals surface area (Å²) < 4.78 is 10.7. The van der Waals surface area contributed by atoms with E-state index in [0.717, 1.165) is 6.42 Å². The molecule has 0 spiro atoms. The van der Waals surface area contributed by atoms with Gasteiger partial charge in [0, 0.05) is 24.2 Å². The van der Waals surface area contributed by atoms with Gasteiger partial charge in [0.1, 0.15) is 5.75 Å². The number of carbonyl (C=O) groups is 2. The molecule has 1 aliphatic heterocycles. The summed E-state index contributed by atoms with van der Waals surface area (Å²) >= 11 is 0. The normalized spacial score (nSPS) is 24.5. The third-order valence-corrected chi connectivity index (χ3v) is 6.29. The molecule has 0 bridgehead atoms. The van der Waals surface area contributed by atoms with Crippen LogP contribution in [-0.4, -0.2) is 48.1 Å². The number of benzene rings is 1. The fourth-order valence-corrected chi connectivity index (χ4v) is 5.00. The van der Waals surface area contributed by atoms with Gasteiger partial charge < -0.3 is 24.5 Å². The predicted octanol–water partition coefficient (Wildman–Crippen LogP) is 2.78. The van der Waals surface area contributed by atoms with E-state index in [1.54, 1.807) is 36.4 Å². The Morgan fingerprint density at radius 2 is 2.03 bits per heavy atom. The second-order valence-electron chi connectivity index (χ2n) is 8.76. The van der Waals surface area contributed by atoms with Gasteiger partial charge in [-0.05, 0) is 54.2 Å². The molecule has 0 unspecified atom stereocenters. The Kier molecular flexibility index (Phi) is 4.86. The van der Waals surface area contributed by atoms with E-state index in [0.29, 0.717) is 30.4 Å². The maximum Gasteiger partial charge on any atom is 0.291 e. The van der Waals surface area contributed by atoms with Crippen LogP contribution in [0.1, 0.15) is 30.8 Å². The van der Waals surface area contributed by atoms with Crippen LogP contribution in [0.15, 0.2) is 47.1 Å². The topological polar surface area (TPSA) is 92.0 Å². The van der Waals surface area contributed by atoms with Crippen molar-refractivity contribution in [3.8, 4) is 5.75 Å². The molecule has 1 aromatic carbocycles. The molecule has 2 heterocycles. The van der Waals surface area contributed by atoms with Crippen LogP contribution in [0.2, 0.25) is 0 Å². The number of hydrogen-bond acceptors (Lipinski definition) is 5. The van der Waals surface area contributed by atoms with Gasteiger partial charge in [0.2, 0.25) is 0 Å². The number of hydrogen-bond donors (Lipinski definition) is 2. The number of nitrogens with one attached hydrogen (secondary N) is 1. The van der Waals surface area contributed by atoms with Crippen LogP contribution in [0, 0.1) is 16.7 Å². The lowest BCUT2D eigenvalue weighted by Crippen LogP contribution is -2.54. The monoisotopic (exact) mass is 398 g/mol. The second kappa shape index (κ2) is 7.22. The highest BCUT2D eigenvalue weighted by Crippen LogP contribution is 2.62. The molecular weight excluding hydrogens is 372 g/mol. The SMILES string of the molecule is CC1(C)C[C@]2(CO)CN(C(=O)COc3ccc(NC(=O)c4ccco4)cc3)C[C@H]12. The number of anilines is 1. The van der Waals surface area contributed by atoms with Gasteiger partial charge in [-0.25, -0.2) is 0 Å². The van der Waals surface area contributed by atoms with Crippen molar-refractivity contribution in [1.29, 1.82) is 0 Å². The number of rotatable bonds is 6. The van der Waals surface area contributed by atoms with Crippen LogP contribution in [0.5, 0.6) is 5.75 Å². The molecule has 2 fully saturated rings. The first-order valence-electron chi connectivity index (χ1n) is 9.79. The van der Waals surface area contributed by atoms with E-state index < -0.39 is 0 Å². The lowest BCUT2D eigenvalue weighted by atomic mass is 9.48. The Morgan fingerprint density at radius 3 is 2.62 bits per heavy atom. The molecule has 2 aliphatic rings. The molecule has 4 rings (SSSR count). The zero-order valence-electron chi connectivity index (χ0n) is 16.7. The minimum atomic E-state index is -0.330. The lowest BCUT2D eigenvalue weighted by Gasteiger charge is -2.55. The standard InChI is InChI=1S/C22H26N2O5/c1-21(2)12-22(14-25)13-24(10-18(21)22)19(26)11-29-16-7-5-15(6-8-16)23-20(27)17-4-3-9-28-17/h3-9,18,25H,10-14H2,1-2H3,(H,23,27)/t18-,22-/m1/s1. The van der Waals surface area contributed by atoms with E-state index in [2.05, 4.69) is 19.2 Å². The highest BCUT2D eigenvalue weighted by atomic mass is 16.5. The third kappa shape index (κ3) is 3.62. The molecule has 7 heteroatoms. The van der Waals surface area contributed by atoms with E-state index in [1.807, 2.05) is 4.90 Å². The quantitative estimate of drug-likeness (QED) is 0.781. The van der Waals surface area contributed by atoms with Crippen molar-refractivity contribution < 1.29 is 23.8 Å². The third-order valence-electron chi connectivity index (χ3n) is 6.29. The van der Waals surface area contributed by atoms with Gasteiger partial charge in [-0.2, -0.15) is 0 Å². The molecule has 2 atom stereocenters. The van der Waals surface area contributed by atoms with E-state index >= 15 is 0 Å². The largest absolute Gasteiger partial charge is 0.484 e. The van der Waals surface area contributed by atoms with Gasteiger partial charge in [-0.15, -0.1) is 0 Å². The molecule has 2 N–H and O–H groups in total.